The molecule has 1 spiro atoms. The second kappa shape index (κ2) is 5.33. The summed E-state index contributed by atoms with van der Waals surface area (Å²) in [5.41, 5.74) is 1.38. The van der Waals surface area contributed by atoms with E-state index >= 15 is 0 Å². The molecule has 1 aliphatic carbocycles. The van der Waals surface area contributed by atoms with E-state index in [1.54, 1.807) is 0 Å². The zero-order valence-corrected chi connectivity index (χ0v) is 14.1. The predicted molar refractivity (Wildman–Crippen MR) is 96.4 cm³/mol. The number of benzene rings is 2. The SMILES string of the molecule is Brc1ccc(NC2=NC3(CCCC3)CS2)c2ccccc12. The van der Waals surface area contributed by atoms with Crippen LogP contribution >= 0.6 is 27.7 Å². The van der Waals surface area contributed by atoms with Gasteiger partial charge in [-0.2, -0.15) is 0 Å². The lowest BCUT2D eigenvalue weighted by Crippen LogP contribution is -2.21. The summed E-state index contributed by atoms with van der Waals surface area (Å²) in [5, 5.41) is 7.12. The quantitative estimate of drug-likeness (QED) is 0.732. The first-order valence-corrected chi connectivity index (χ1v) is 9.21. The van der Waals surface area contributed by atoms with Gasteiger partial charge in [0.05, 0.1) is 5.54 Å². The fourth-order valence-corrected chi connectivity index (χ4v) is 5.00. The molecule has 0 atom stereocenters. The zero-order chi connectivity index (χ0) is 14.3. The summed E-state index contributed by atoms with van der Waals surface area (Å²) in [6.45, 7) is 0. The minimum atomic E-state index is 0.234. The van der Waals surface area contributed by atoms with Crippen molar-refractivity contribution in [3.8, 4) is 0 Å². The number of amidine groups is 1. The van der Waals surface area contributed by atoms with Gasteiger partial charge in [-0.25, -0.2) is 0 Å². The second-order valence-electron chi connectivity index (χ2n) is 5.90. The van der Waals surface area contributed by atoms with Gasteiger partial charge in [0.25, 0.3) is 0 Å². The van der Waals surface area contributed by atoms with Gasteiger partial charge in [-0.1, -0.05) is 64.8 Å². The maximum Gasteiger partial charge on any atom is 0.161 e. The van der Waals surface area contributed by atoms with Gasteiger partial charge in [0.2, 0.25) is 0 Å². The Labute approximate surface area is 137 Å². The molecule has 1 saturated carbocycles. The number of aliphatic imine (C=N–C) groups is 1. The Hall–Kier alpha value is -1.00. The smallest absolute Gasteiger partial charge is 0.161 e. The molecule has 0 aromatic heterocycles. The largest absolute Gasteiger partial charge is 0.334 e. The third-order valence-corrected chi connectivity index (χ3v) is 6.30. The highest BCUT2D eigenvalue weighted by Crippen LogP contribution is 2.41. The summed E-state index contributed by atoms with van der Waals surface area (Å²) in [4.78, 5) is 5.00. The van der Waals surface area contributed by atoms with E-state index in [0.29, 0.717) is 0 Å². The van der Waals surface area contributed by atoms with E-state index in [2.05, 4.69) is 57.6 Å². The highest BCUT2D eigenvalue weighted by molar-refractivity contribution is 9.10. The summed E-state index contributed by atoms with van der Waals surface area (Å²) in [6.07, 6.45) is 5.18. The lowest BCUT2D eigenvalue weighted by atomic mass is 10.0. The first kappa shape index (κ1) is 13.6. The van der Waals surface area contributed by atoms with Crippen LogP contribution in [-0.2, 0) is 0 Å². The molecule has 0 saturated heterocycles. The number of hydrogen-bond acceptors (Lipinski definition) is 3. The molecule has 1 heterocycles. The van der Waals surface area contributed by atoms with E-state index in [4.69, 9.17) is 4.99 Å². The van der Waals surface area contributed by atoms with E-state index in [-0.39, 0.29) is 5.54 Å². The fourth-order valence-electron chi connectivity index (χ4n) is 3.32. The molecule has 2 aliphatic rings. The van der Waals surface area contributed by atoms with Crippen LogP contribution in [0.5, 0.6) is 0 Å². The first-order chi connectivity index (χ1) is 10.3. The van der Waals surface area contributed by atoms with Crippen molar-refractivity contribution in [1.29, 1.82) is 0 Å². The maximum atomic E-state index is 5.00. The Bertz CT molecular complexity index is 720. The number of anilines is 1. The molecule has 0 bridgehead atoms. The fraction of sp³-hybridized carbons (Fsp3) is 0.353. The molecule has 2 aromatic rings. The number of halogens is 1. The van der Waals surface area contributed by atoms with Crippen LogP contribution in [-0.4, -0.2) is 16.5 Å². The van der Waals surface area contributed by atoms with Crippen LogP contribution in [0, 0.1) is 0 Å². The van der Waals surface area contributed by atoms with Gasteiger partial charge in [-0.05, 0) is 30.4 Å². The minimum absolute atomic E-state index is 0.234. The van der Waals surface area contributed by atoms with Crippen LogP contribution in [0.4, 0.5) is 5.69 Å². The molecule has 0 amide bonds. The molecule has 108 valence electrons. The van der Waals surface area contributed by atoms with Crippen molar-refractivity contribution in [1.82, 2.24) is 0 Å². The Morgan fingerprint density at radius 1 is 1.05 bits per heavy atom. The van der Waals surface area contributed by atoms with Crippen molar-refractivity contribution in [2.24, 2.45) is 4.99 Å². The van der Waals surface area contributed by atoms with Crippen LogP contribution in [0.25, 0.3) is 10.8 Å². The highest BCUT2D eigenvalue weighted by atomic mass is 79.9. The molecule has 4 rings (SSSR count). The molecule has 1 fully saturated rings. The molecule has 0 radical (unpaired) electrons. The third kappa shape index (κ3) is 2.49. The van der Waals surface area contributed by atoms with Crippen LogP contribution in [0.15, 0.2) is 45.9 Å². The van der Waals surface area contributed by atoms with E-state index < -0.39 is 0 Å². The molecule has 21 heavy (non-hydrogen) atoms. The molecule has 1 N–H and O–H groups in total. The minimum Gasteiger partial charge on any atom is -0.334 e. The van der Waals surface area contributed by atoms with E-state index in [1.165, 1.54) is 36.5 Å². The average Bonchev–Trinajstić information content (AvgIpc) is 3.13. The predicted octanol–water partition coefficient (Wildman–Crippen LogP) is 5.43. The number of thioether (sulfide) groups is 1. The number of fused-ring (bicyclic) bond motifs is 1. The Balaban J connectivity index is 1.68. The van der Waals surface area contributed by atoms with Crippen LogP contribution in [0.1, 0.15) is 25.7 Å². The summed E-state index contributed by atoms with van der Waals surface area (Å²) < 4.78 is 1.14. The lowest BCUT2D eigenvalue weighted by Gasteiger charge is -2.16. The lowest BCUT2D eigenvalue weighted by molar-refractivity contribution is 0.508. The highest BCUT2D eigenvalue weighted by Gasteiger charge is 2.38. The number of nitrogens with zero attached hydrogens (tertiary/aromatic N) is 1. The molecule has 1 aliphatic heterocycles. The first-order valence-electron chi connectivity index (χ1n) is 7.43. The van der Waals surface area contributed by atoms with Crippen LogP contribution in [0.2, 0.25) is 0 Å². The topological polar surface area (TPSA) is 24.4 Å². The van der Waals surface area contributed by atoms with Gasteiger partial charge in [-0.3, -0.25) is 4.99 Å². The van der Waals surface area contributed by atoms with E-state index in [0.717, 1.165) is 21.1 Å². The van der Waals surface area contributed by atoms with Crippen molar-refractivity contribution < 1.29 is 0 Å². The van der Waals surface area contributed by atoms with Crippen molar-refractivity contribution >= 4 is 49.3 Å². The molecule has 2 aromatic carbocycles. The van der Waals surface area contributed by atoms with Gasteiger partial charge >= 0.3 is 0 Å². The third-order valence-electron chi connectivity index (χ3n) is 4.46. The normalized spacial score (nSPS) is 20.1. The van der Waals surface area contributed by atoms with Gasteiger partial charge in [-0.15, -0.1) is 0 Å². The van der Waals surface area contributed by atoms with Crippen molar-refractivity contribution in [3.05, 3.63) is 40.9 Å². The Morgan fingerprint density at radius 3 is 2.62 bits per heavy atom. The molecule has 2 nitrogen and oxygen atoms in total. The monoisotopic (exact) mass is 360 g/mol. The standard InChI is InChI=1S/C17H17BrN2S/c18-14-7-8-15(13-6-2-1-5-12(13)14)19-16-20-17(11-21-16)9-3-4-10-17/h1-2,5-8H,3-4,9-11H2,(H,19,20). The number of rotatable bonds is 1. The van der Waals surface area contributed by atoms with E-state index in [9.17, 15) is 0 Å². The summed E-state index contributed by atoms with van der Waals surface area (Å²) in [7, 11) is 0. The Morgan fingerprint density at radius 2 is 1.81 bits per heavy atom. The molecular formula is C17H17BrN2S. The maximum absolute atomic E-state index is 5.00. The van der Waals surface area contributed by atoms with Crippen LogP contribution < -0.4 is 5.32 Å². The van der Waals surface area contributed by atoms with Gasteiger partial charge in [0.15, 0.2) is 5.17 Å². The van der Waals surface area contributed by atoms with Gasteiger partial charge in [0, 0.05) is 21.3 Å². The zero-order valence-electron chi connectivity index (χ0n) is 11.7. The molecule has 0 unspecified atom stereocenters. The number of nitrogens with one attached hydrogen (secondary N) is 1. The number of hydrogen-bond donors (Lipinski definition) is 1. The van der Waals surface area contributed by atoms with Gasteiger partial charge < -0.3 is 5.32 Å². The second-order valence-corrected chi connectivity index (χ2v) is 7.72. The van der Waals surface area contributed by atoms with Gasteiger partial charge in [0.1, 0.15) is 0 Å². The van der Waals surface area contributed by atoms with Crippen LogP contribution in [0.3, 0.4) is 0 Å². The van der Waals surface area contributed by atoms with Crippen molar-refractivity contribution in [3.63, 3.8) is 0 Å². The molecular weight excluding hydrogens is 344 g/mol. The van der Waals surface area contributed by atoms with E-state index in [1.807, 2.05) is 11.8 Å². The molecule has 4 heteroatoms. The average molecular weight is 361 g/mol. The summed E-state index contributed by atoms with van der Waals surface area (Å²) in [5.74, 6) is 1.14. The summed E-state index contributed by atoms with van der Waals surface area (Å²) in [6, 6.07) is 12.7. The van der Waals surface area contributed by atoms with Crippen molar-refractivity contribution in [2.45, 2.75) is 31.2 Å². The van der Waals surface area contributed by atoms with Crippen molar-refractivity contribution in [2.75, 3.05) is 11.1 Å². The summed E-state index contributed by atoms with van der Waals surface area (Å²) >= 11 is 5.50. The Kier molecular flexibility index (Phi) is 3.46.